The smallest absolute Gasteiger partial charge is 0.0244 e. The lowest BCUT2D eigenvalue weighted by Crippen LogP contribution is -2.61. The lowest BCUT2D eigenvalue weighted by molar-refractivity contribution is 0.0622. The van der Waals surface area contributed by atoms with Crippen LogP contribution < -0.4 is 5.32 Å². The summed E-state index contributed by atoms with van der Waals surface area (Å²) < 4.78 is 0. The van der Waals surface area contributed by atoms with Crippen molar-refractivity contribution in [3.63, 3.8) is 0 Å². The van der Waals surface area contributed by atoms with Crippen LogP contribution in [0.15, 0.2) is 0 Å². The lowest BCUT2D eigenvalue weighted by Gasteiger charge is -2.46. The minimum atomic E-state index is 0.357. The molecular formula is C15H32N2S. The molecule has 1 aliphatic heterocycles. The van der Waals surface area contributed by atoms with E-state index in [0.29, 0.717) is 23.5 Å². The van der Waals surface area contributed by atoms with Crippen molar-refractivity contribution in [2.45, 2.75) is 66.1 Å². The van der Waals surface area contributed by atoms with Gasteiger partial charge in [-0.2, -0.15) is 11.8 Å². The largest absolute Gasteiger partial charge is 0.311 e. The molecule has 3 atom stereocenters. The zero-order chi connectivity index (χ0) is 13.8. The molecule has 1 N–H and O–H groups in total. The second-order valence-electron chi connectivity index (χ2n) is 6.71. The van der Waals surface area contributed by atoms with Gasteiger partial charge in [0.05, 0.1) is 0 Å². The number of rotatable bonds is 5. The molecule has 0 aromatic heterocycles. The minimum Gasteiger partial charge on any atom is -0.311 e. The van der Waals surface area contributed by atoms with E-state index in [1.807, 2.05) is 0 Å². The van der Waals surface area contributed by atoms with E-state index in [0.717, 1.165) is 6.54 Å². The molecule has 2 nitrogen and oxygen atoms in total. The van der Waals surface area contributed by atoms with Gasteiger partial charge in [0, 0.05) is 31.2 Å². The number of thioether (sulfide) groups is 1. The van der Waals surface area contributed by atoms with Crippen LogP contribution in [-0.2, 0) is 0 Å². The van der Waals surface area contributed by atoms with Gasteiger partial charge < -0.3 is 5.32 Å². The molecule has 1 rings (SSSR count). The van der Waals surface area contributed by atoms with Crippen molar-refractivity contribution in [3.8, 4) is 0 Å². The highest BCUT2D eigenvalue weighted by molar-refractivity contribution is 7.99. The molecule has 1 heterocycles. The van der Waals surface area contributed by atoms with Gasteiger partial charge in [-0.1, -0.05) is 27.7 Å². The average Bonchev–Trinajstić information content (AvgIpc) is 2.28. The first kappa shape index (κ1) is 16.3. The first-order valence-electron chi connectivity index (χ1n) is 7.43. The zero-order valence-electron chi connectivity index (χ0n) is 13.1. The normalized spacial score (nSPS) is 28.3. The van der Waals surface area contributed by atoms with Crippen LogP contribution in [0.3, 0.4) is 0 Å². The Labute approximate surface area is 118 Å². The first-order valence-corrected chi connectivity index (χ1v) is 8.58. The van der Waals surface area contributed by atoms with Crippen LogP contribution in [0, 0.1) is 5.41 Å². The van der Waals surface area contributed by atoms with Gasteiger partial charge in [-0.3, -0.25) is 4.90 Å². The molecule has 0 aromatic rings. The molecule has 1 fully saturated rings. The maximum Gasteiger partial charge on any atom is 0.0244 e. The van der Waals surface area contributed by atoms with Gasteiger partial charge >= 0.3 is 0 Å². The molecule has 108 valence electrons. The molecule has 1 saturated heterocycles. The summed E-state index contributed by atoms with van der Waals surface area (Å²) in [5.41, 5.74) is 0.357. The topological polar surface area (TPSA) is 15.3 Å². The quantitative estimate of drug-likeness (QED) is 0.774. The molecule has 0 aromatic carbocycles. The predicted molar refractivity (Wildman–Crippen MR) is 84.5 cm³/mol. The summed E-state index contributed by atoms with van der Waals surface area (Å²) in [6, 6.07) is 2.01. The van der Waals surface area contributed by atoms with Crippen molar-refractivity contribution in [2.24, 2.45) is 5.41 Å². The second-order valence-corrected chi connectivity index (χ2v) is 8.10. The van der Waals surface area contributed by atoms with E-state index >= 15 is 0 Å². The van der Waals surface area contributed by atoms with Crippen LogP contribution in [-0.4, -0.2) is 47.6 Å². The number of nitrogens with zero attached hydrogens (tertiary/aromatic N) is 1. The number of hydrogen-bond acceptors (Lipinski definition) is 3. The Morgan fingerprint density at radius 2 is 2.06 bits per heavy atom. The van der Waals surface area contributed by atoms with E-state index in [4.69, 9.17) is 0 Å². The second kappa shape index (κ2) is 7.16. The van der Waals surface area contributed by atoms with Gasteiger partial charge in [0.1, 0.15) is 0 Å². The van der Waals surface area contributed by atoms with Gasteiger partial charge in [0.15, 0.2) is 0 Å². The molecule has 1 aliphatic rings. The minimum absolute atomic E-state index is 0.357. The third kappa shape index (κ3) is 4.75. The summed E-state index contributed by atoms with van der Waals surface area (Å²) in [4.78, 5) is 2.71. The van der Waals surface area contributed by atoms with Crippen LogP contribution >= 0.6 is 11.8 Å². The molecule has 0 amide bonds. The maximum atomic E-state index is 3.71. The highest BCUT2D eigenvalue weighted by atomic mass is 32.2. The SMILES string of the molecule is CCSCCC(C)N1CC(C(C)(C)C)NCC1C. The fourth-order valence-electron chi connectivity index (χ4n) is 2.64. The Balaban J connectivity index is 2.51. The molecule has 0 aliphatic carbocycles. The average molecular weight is 273 g/mol. The van der Waals surface area contributed by atoms with Gasteiger partial charge in [-0.05, 0) is 37.2 Å². The standard InChI is InChI=1S/C15H32N2S/c1-7-18-9-8-12(2)17-11-14(15(4,5)6)16-10-13(17)3/h12-14,16H,7-11H2,1-6H3. The van der Waals surface area contributed by atoms with E-state index in [-0.39, 0.29) is 0 Å². The van der Waals surface area contributed by atoms with E-state index in [9.17, 15) is 0 Å². The Kier molecular flexibility index (Phi) is 6.49. The molecule has 0 bridgehead atoms. The highest BCUT2D eigenvalue weighted by Gasteiger charge is 2.33. The van der Waals surface area contributed by atoms with Gasteiger partial charge in [0.2, 0.25) is 0 Å². The molecule has 0 saturated carbocycles. The Bertz CT molecular complexity index is 237. The van der Waals surface area contributed by atoms with Crippen molar-refractivity contribution in [1.29, 1.82) is 0 Å². The predicted octanol–water partition coefficient (Wildman–Crippen LogP) is 3.23. The molecule has 18 heavy (non-hydrogen) atoms. The molecule has 0 radical (unpaired) electrons. The summed E-state index contributed by atoms with van der Waals surface area (Å²) in [5, 5.41) is 3.71. The molecule has 3 heteroatoms. The maximum absolute atomic E-state index is 3.71. The summed E-state index contributed by atoms with van der Waals surface area (Å²) in [5.74, 6) is 2.54. The van der Waals surface area contributed by atoms with Crippen molar-refractivity contribution in [3.05, 3.63) is 0 Å². The fraction of sp³-hybridized carbons (Fsp3) is 1.00. The third-order valence-electron chi connectivity index (χ3n) is 4.11. The Morgan fingerprint density at radius 1 is 1.39 bits per heavy atom. The van der Waals surface area contributed by atoms with Crippen molar-refractivity contribution in [1.82, 2.24) is 10.2 Å². The molecule has 3 unspecified atom stereocenters. The monoisotopic (exact) mass is 272 g/mol. The van der Waals surface area contributed by atoms with E-state index in [2.05, 4.69) is 63.5 Å². The van der Waals surface area contributed by atoms with E-state index in [1.54, 1.807) is 0 Å². The van der Waals surface area contributed by atoms with Crippen LogP contribution in [0.2, 0.25) is 0 Å². The van der Waals surface area contributed by atoms with Gasteiger partial charge in [-0.25, -0.2) is 0 Å². The number of piperazine rings is 1. The summed E-state index contributed by atoms with van der Waals surface area (Å²) in [7, 11) is 0. The highest BCUT2D eigenvalue weighted by Crippen LogP contribution is 2.25. The summed E-state index contributed by atoms with van der Waals surface area (Å²) in [6.07, 6.45) is 1.32. The summed E-state index contributed by atoms with van der Waals surface area (Å²) in [6.45, 7) is 16.4. The van der Waals surface area contributed by atoms with Crippen LogP contribution in [0.5, 0.6) is 0 Å². The summed E-state index contributed by atoms with van der Waals surface area (Å²) >= 11 is 2.07. The van der Waals surface area contributed by atoms with Crippen molar-refractivity contribution < 1.29 is 0 Å². The van der Waals surface area contributed by atoms with Crippen molar-refractivity contribution in [2.75, 3.05) is 24.6 Å². The van der Waals surface area contributed by atoms with Crippen LogP contribution in [0.25, 0.3) is 0 Å². The fourth-order valence-corrected chi connectivity index (χ4v) is 3.44. The first-order chi connectivity index (χ1) is 8.36. The van der Waals surface area contributed by atoms with Crippen LogP contribution in [0.4, 0.5) is 0 Å². The van der Waals surface area contributed by atoms with Crippen molar-refractivity contribution >= 4 is 11.8 Å². The number of hydrogen-bond donors (Lipinski definition) is 1. The zero-order valence-corrected chi connectivity index (χ0v) is 13.9. The molecule has 0 spiro atoms. The van der Waals surface area contributed by atoms with Gasteiger partial charge in [-0.15, -0.1) is 0 Å². The number of nitrogens with one attached hydrogen (secondary N) is 1. The third-order valence-corrected chi connectivity index (χ3v) is 5.05. The van der Waals surface area contributed by atoms with E-state index in [1.165, 1.54) is 24.5 Å². The Morgan fingerprint density at radius 3 is 2.61 bits per heavy atom. The van der Waals surface area contributed by atoms with E-state index < -0.39 is 0 Å². The Hall–Kier alpha value is 0.270. The molecular weight excluding hydrogens is 240 g/mol. The lowest BCUT2D eigenvalue weighted by atomic mass is 9.84. The van der Waals surface area contributed by atoms with Gasteiger partial charge in [0.25, 0.3) is 0 Å². The van der Waals surface area contributed by atoms with Crippen LogP contribution in [0.1, 0.15) is 48.0 Å².